The molecule has 2 aromatic carbocycles. The average molecular weight is 336 g/mol. The summed E-state index contributed by atoms with van der Waals surface area (Å²) in [5, 5.41) is 15.9. The number of nitrogens with one attached hydrogen (secondary N) is 2. The van der Waals surface area contributed by atoms with Crippen LogP contribution in [0.25, 0.3) is 0 Å². The van der Waals surface area contributed by atoms with E-state index in [2.05, 4.69) is 34.9 Å². The number of hydrogen-bond acceptors (Lipinski definition) is 2. The Morgan fingerprint density at radius 1 is 1.00 bits per heavy atom. The van der Waals surface area contributed by atoms with E-state index in [1.807, 2.05) is 24.3 Å². The van der Waals surface area contributed by atoms with Gasteiger partial charge in [-0.15, -0.1) is 0 Å². The van der Waals surface area contributed by atoms with Crippen molar-refractivity contribution in [3.63, 3.8) is 0 Å². The van der Waals surface area contributed by atoms with Gasteiger partial charge < -0.3 is 15.7 Å². The third-order valence-corrected chi connectivity index (χ3v) is 5.46. The molecule has 25 heavy (non-hydrogen) atoms. The lowest BCUT2D eigenvalue weighted by molar-refractivity contribution is 0.187. The number of aliphatic hydroxyl groups is 1. The Morgan fingerprint density at radius 3 is 2.68 bits per heavy atom. The molecular formula is C21H24N2O2. The number of aliphatic hydroxyl groups excluding tert-OH is 1. The van der Waals surface area contributed by atoms with Crippen LogP contribution in [0.15, 0.2) is 48.5 Å². The predicted molar refractivity (Wildman–Crippen MR) is 98.8 cm³/mol. The highest BCUT2D eigenvalue weighted by Crippen LogP contribution is 2.34. The van der Waals surface area contributed by atoms with Crippen molar-refractivity contribution in [2.75, 3.05) is 5.32 Å². The van der Waals surface area contributed by atoms with Gasteiger partial charge in [0.15, 0.2) is 0 Å². The molecule has 4 nitrogen and oxygen atoms in total. The summed E-state index contributed by atoms with van der Waals surface area (Å²) in [5.74, 6) is 0.530. The van der Waals surface area contributed by atoms with Crippen LogP contribution in [-0.4, -0.2) is 23.3 Å². The molecule has 2 aromatic rings. The molecule has 2 aliphatic carbocycles. The second-order valence-corrected chi connectivity index (χ2v) is 7.22. The van der Waals surface area contributed by atoms with Gasteiger partial charge in [-0.25, -0.2) is 4.79 Å². The third kappa shape index (κ3) is 3.54. The monoisotopic (exact) mass is 336 g/mol. The zero-order chi connectivity index (χ0) is 17.2. The minimum Gasteiger partial charge on any atom is -0.392 e. The van der Waals surface area contributed by atoms with Gasteiger partial charge in [-0.3, -0.25) is 0 Å². The Kier molecular flexibility index (Phi) is 4.45. The first-order chi connectivity index (χ1) is 12.2. The minimum absolute atomic E-state index is 0.145. The number of fused-ring (bicyclic) bond motifs is 1. The Labute approximate surface area is 148 Å². The lowest BCUT2D eigenvalue weighted by Crippen LogP contribution is -2.36. The van der Waals surface area contributed by atoms with E-state index in [9.17, 15) is 9.90 Å². The molecule has 1 fully saturated rings. The van der Waals surface area contributed by atoms with E-state index in [1.165, 1.54) is 5.56 Å². The zero-order valence-electron chi connectivity index (χ0n) is 14.2. The van der Waals surface area contributed by atoms with Crippen molar-refractivity contribution >= 4 is 11.7 Å². The highest BCUT2D eigenvalue weighted by molar-refractivity contribution is 5.90. The summed E-state index contributed by atoms with van der Waals surface area (Å²) < 4.78 is 0. The van der Waals surface area contributed by atoms with Crippen LogP contribution in [0.5, 0.6) is 0 Å². The molecule has 0 spiro atoms. The van der Waals surface area contributed by atoms with E-state index in [4.69, 9.17) is 0 Å². The Balaban J connectivity index is 1.36. The molecule has 0 unspecified atom stereocenters. The van der Waals surface area contributed by atoms with Crippen molar-refractivity contribution in [3.8, 4) is 0 Å². The summed E-state index contributed by atoms with van der Waals surface area (Å²) in [6, 6.07) is 16.5. The maximum Gasteiger partial charge on any atom is 0.319 e. The predicted octanol–water partition coefficient (Wildman–Crippen LogP) is 3.60. The van der Waals surface area contributed by atoms with Gasteiger partial charge in [0.05, 0.1) is 6.10 Å². The fourth-order valence-corrected chi connectivity index (χ4v) is 4.23. The van der Waals surface area contributed by atoms with Crippen LogP contribution in [0.1, 0.15) is 41.9 Å². The molecule has 0 radical (unpaired) electrons. The van der Waals surface area contributed by atoms with Crippen LogP contribution in [0.3, 0.4) is 0 Å². The number of hydrogen-bond donors (Lipinski definition) is 3. The second-order valence-electron chi connectivity index (χ2n) is 7.22. The molecule has 0 bridgehead atoms. The van der Waals surface area contributed by atoms with Crippen LogP contribution >= 0.6 is 0 Å². The largest absolute Gasteiger partial charge is 0.392 e. The molecule has 3 atom stereocenters. The first kappa shape index (κ1) is 16.2. The lowest BCUT2D eigenvalue weighted by Gasteiger charge is -2.16. The van der Waals surface area contributed by atoms with E-state index in [-0.39, 0.29) is 18.2 Å². The maximum atomic E-state index is 12.4. The first-order valence-electron chi connectivity index (χ1n) is 9.10. The summed E-state index contributed by atoms with van der Waals surface area (Å²) in [7, 11) is 0. The molecular weight excluding hydrogens is 312 g/mol. The number of benzene rings is 2. The molecule has 0 heterocycles. The van der Waals surface area contributed by atoms with Gasteiger partial charge in [-0.2, -0.15) is 0 Å². The van der Waals surface area contributed by atoms with Crippen LogP contribution < -0.4 is 10.6 Å². The normalized spacial score (nSPS) is 24.8. The average Bonchev–Trinajstić information content (AvgIpc) is 3.22. The standard InChI is InChI=1S/C21H24N2O2/c24-18-12-16-7-4-8-20(19(16)13-18)23-21(25)22-17-10-9-15(11-17)14-5-2-1-3-6-14/h1-8,15,17-18,24H,9-13H2,(H2,22,23,25)/t15-,17-,18-/m1/s1. The van der Waals surface area contributed by atoms with Crippen LogP contribution in [0.4, 0.5) is 10.5 Å². The Bertz CT molecular complexity index is 760. The molecule has 2 aliphatic rings. The second kappa shape index (κ2) is 6.89. The van der Waals surface area contributed by atoms with Gasteiger partial charge in [0.25, 0.3) is 0 Å². The van der Waals surface area contributed by atoms with E-state index in [0.717, 1.165) is 36.1 Å². The van der Waals surface area contributed by atoms with Crippen molar-refractivity contribution in [3.05, 3.63) is 65.2 Å². The Hall–Kier alpha value is -2.33. The summed E-state index contributed by atoms with van der Waals surface area (Å²) in [6.45, 7) is 0. The molecule has 1 saturated carbocycles. The SMILES string of the molecule is O=C(Nc1cccc2c1C[C@H](O)C2)N[C@@H]1CC[C@@H](c2ccccc2)C1. The fourth-order valence-electron chi connectivity index (χ4n) is 4.23. The number of anilines is 1. The highest BCUT2D eigenvalue weighted by Gasteiger charge is 2.27. The molecule has 4 heteroatoms. The zero-order valence-corrected chi connectivity index (χ0v) is 14.2. The highest BCUT2D eigenvalue weighted by atomic mass is 16.3. The summed E-state index contributed by atoms with van der Waals surface area (Å²) in [6.07, 6.45) is 4.07. The quantitative estimate of drug-likeness (QED) is 0.802. The summed E-state index contributed by atoms with van der Waals surface area (Å²) in [5.41, 5.74) is 4.39. The van der Waals surface area contributed by atoms with Gasteiger partial charge in [-0.05, 0) is 54.4 Å². The number of carbonyl (C=O) groups excluding carboxylic acids is 1. The Morgan fingerprint density at radius 2 is 1.84 bits per heavy atom. The molecule has 4 rings (SSSR count). The molecule has 130 valence electrons. The molecule has 0 aliphatic heterocycles. The van der Waals surface area contributed by atoms with Crippen molar-refractivity contribution in [2.24, 2.45) is 0 Å². The van der Waals surface area contributed by atoms with Gasteiger partial charge in [0.2, 0.25) is 0 Å². The topological polar surface area (TPSA) is 61.4 Å². The van der Waals surface area contributed by atoms with E-state index in [0.29, 0.717) is 18.8 Å². The van der Waals surface area contributed by atoms with Crippen LogP contribution in [0, 0.1) is 0 Å². The van der Waals surface area contributed by atoms with Crippen molar-refractivity contribution in [2.45, 2.75) is 50.2 Å². The third-order valence-electron chi connectivity index (χ3n) is 5.46. The number of carbonyl (C=O) groups is 1. The molecule has 0 aromatic heterocycles. The summed E-state index contributed by atoms with van der Waals surface area (Å²) in [4.78, 5) is 12.4. The maximum absolute atomic E-state index is 12.4. The lowest BCUT2D eigenvalue weighted by atomic mass is 9.98. The minimum atomic E-state index is -0.331. The molecule has 3 N–H and O–H groups in total. The van der Waals surface area contributed by atoms with Gasteiger partial charge in [0.1, 0.15) is 0 Å². The molecule has 2 amide bonds. The first-order valence-corrected chi connectivity index (χ1v) is 9.10. The molecule has 0 saturated heterocycles. The van der Waals surface area contributed by atoms with Crippen molar-refractivity contribution < 1.29 is 9.90 Å². The number of amides is 2. The van der Waals surface area contributed by atoms with Crippen LogP contribution in [-0.2, 0) is 12.8 Å². The van der Waals surface area contributed by atoms with Crippen molar-refractivity contribution in [1.82, 2.24) is 5.32 Å². The van der Waals surface area contributed by atoms with Crippen molar-refractivity contribution in [1.29, 1.82) is 0 Å². The van der Waals surface area contributed by atoms with E-state index in [1.54, 1.807) is 0 Å². The smallest absolute Gasteiger partial charge is 0.319 e. The van der Waals surface area contributed by atoms with Crippen LogP contribution in [0.2, 0.25) is 0 Å². The number of rotatable bonds is 3. The van der Waals surface area contributed by atoms with E-state index >= 15 is 0 Å². The van der Waals surface area contributed by atoms with Gasteiger partial charge in [0, 0.05) is 18.2 Å². The fraction of sp³-hybridized carbons (Fsp3) is 0.381. The number of urea groups is 1. The van der Waals surface area contributed by atoms with Gasteiger partial charge >= 0.3 is 6.03 Å². The van der Waals surface area contributed by atoms with Gasteiger partial charge in [-0.1, -0.05) is 42.5 Å². The van der Waals surface area contributed by atoms with E-state index < -0.39 is 0 Å². The summed E-state index contributed by atoms with van der Waals surface area (Å²) >= 11 is 0.